The molecule has 0 spiro atoms. The molecule has 1 aromatic carbocycles. The highest BCUT2D eigenvalue weighted by Gasteiger charge is 2.25. The molecule has 0 radical (unpaired) electrons. The van der Waals surface area contributed by atoms with Crippen molar-refractivity contribution in [1.29, 1.82) is 0 Å². The Bertz CT molecular complexity index is 781. The summed E-state index contributed by atoms with van der Waals surface area (Å²) in [4.78, 5) is 27.2. The number of hydrogen-bond acceptors (Lipinski definition) is 8. The van der Waals surface area contributed by atoms with Gasteiger partial charge in [-0.2, -0.15) is 0 Å². The molecule has 3 rings (SSSR count). The van der Waals surface area contributed by atoms with Gasteiger partial charge in [-0.3, -0.25) is 4.79 Å². The zero-order valence-corrected chi connectivity index (χ0v) is 20.8. The van der Waals surface area contributed by atoms with E-state index in [1.165, 1.54) is 27.8 Å². The van der Waals surface area contributed by atoms with Gasteiger partial charge >= 0.3 is 11.9 Å². The summed E-state index contributed by atoms with van der Waals surface area (Å²) in [5.41, 5.74) is 0.354. The fraction of sp³-hybridized carbons (Fsp3) is 0.692. The lowest BCUT2D eigenvalue weighted by Crippen LogP contribution is -2.38. The van der Waals surface area contributed by atoms with Crippen LogP contribution >= 0.6 is 0 Å². The lowest BCUT2D eigenvalue weighted by Gasteiger charge is -2.32. The number of esters is 2. The molecule has 1 heterocycles. The number of likely N-dealkylation sites (tertiary alicyclic amines) is 1. The number of carbonyl (C=O) groups excluding carboxylic acids is 2. The summed E-state index contributed by atoms with van der Waals surface area (Å²) in [5, 5.41) is 0. The van der Waals surface area contributed by atoms with Gasteiger partial charge in [0.25, 0.3) is 0 Å². The Morgan fingerprint density at radius 1 is 0.912 bits per heavy atom. The van der Waals surface area contributed by atoms with Crippen molar-refractivity contribution >= 4 is 11.9 Å². The Labute approximate surface area is 202 Å². The molecular formula is C26H39NO7. The second kappa shape index (κ2) is 13.4. The van der Waals surface area contributed by atoms with E-state index in [1.807, 2.05) is 0 Å². The van der Waals surface area contributed by atoms with Crippen LogP contribution in [0.1, 0.15) is 61.7 Å². The van der Waals surface area contributed by atoms with Crippen molar-refractivity contribution in [2.45, 2.75) is 51.4 Å². The zero-order chi connectivity index (χ0) is 24.3. The van der Waals surface area contributed by atoms with Crippen molar-refractivity contribution < 1.29 is 33.3 Å². The van der Waals surface area contributed by atoms with Crippen molar-refractivity contribution in [3.8, 4) is 17.2 Å². The Kier molecular flexibility index (Phi) is 10.3. The number of rotatable bonds is 11. The van der Waals surface area contributed by atoms with Gasteiger partial charge in [-0.1, -0.05) is 19.3 Å². The second-order valence-corrected chi connectivity index (χ2v) is 9.18. The predicted octanol–water partition coefficient (Wildman–Crippen LogP) is 4.09. The molecule has 190 valence electrons. The summed E-state index contributed by atoms with van der Waals surface area (Å²) >= 11 is 0. The first-order chi connectivity index (χ1) is 16.5. The average molecular weight is 478 g/mol. The van der Waals surface area contributed by atoms with Gasteiger partial charge in [0, 0.05) is 19.0 Å². The van der Waals surface area contributed by atoms with Gasteiger partial charge < -0.3 is 28.6 Å². The summed E-state index contributed by atoms with van der Waals surface area (Å²) < 4.78 is 27.0. The Morgan fingerprint density at radius 2 is 1.62 bits per heavy atom. The molecular weight excluding hydrogens is 438 g/mol. The van der Waals surface area contributed by atoms with Gasteiger partial charge in [-0.15, -0.1) is 0 Å². The van der Waals surface area contributed by atoms with Crippen molar-refractivity contribution in [2.75, 3.05) is 54.2 Å². The Morgan fingerprint density at radius 3 is 2.26 bits per heavy atom. The first-order valence-electron chi connectivity index (χ1n) is 12.4. The Hall–Kier alpha value is -2.48. The molecule has 8 heteroatoms. The minimum atomic E-state index is -0.426. The maximum absolute atomic E-state index is 12.5. The fourth-order valence-electron chi connectivity index (χ4n) is 4.88. The summed E-state index contributed by atoms with van der Waals surface area (Å²) in [5.74, 6) is 1.32. The van der Waals surface area contributed by atoms with Crippen LogP contribution < -0.4 is 14.2 Å². The average Bonchev–Trinajstić information content (AvgIpc) is 2.89. The molecule has 2 aliphatic rings. The van der Waals surface area contributed by atoms with Gasteiger partial charge in [0.2, 0.25) is 5.75 Å². The van der Waals surface area contributed by atoms with Crippen molar-refractivity contribution in [2.24, 2.45) is 11.8 Å². The number of nitrogens with zero attached hydrogens (tertiary/aromatic N) is 1. The minimum Gasteiger partial charge on any atom is -0.493 e. The van der Waals surface area contributed by atoms with Gasteiger partial charge in [-0.05, 0) is 50.8 Å². The van der Waals surface area contributed by atoms with E-state index >= 15 is 0 Å². The third kappa shape index (κ3) is 7.26. The standard InChI is InChI=1S/C26H39NO7/c1-30-22-15-21(16-23(31-2)24(22)32-3)26(29)33-14-8-13-27-12-7-9-19(17-27)18-34-25(28)20-10-5-4-6-11-20/h15-16,19-20H,4-14,17-18H2,1-3H3. The third-order valence-corrected chi connectivity index (χ3v) is 6.76. The summed E-state index contributed by atoms with van der Waals surface area (Å²) in [6.07, 6.45) is 8.39. The predicted molar refractivity (Wildman–Crippen MR) is 128 cm³/mol. The van der Waals surface area contributed by atoms with Crippen LogP contribution in [-0.2, 0) is 14.3 Å². The van der Waals surface area contributed by atoms with Crippen molar-refractivity contribution in [1.82, 2.24) is 4.90 Å². The highest BCUT2D eigenvalue weighted by atomic mass is 16.5. The molecule has 0 aromatic heterocycles. The maximum atomic E-state index is 12.5. The van der Waals surface area contributed by atoms with Crippen LogP contribution in [0.5, 0.6) is 17.2 Å². The highest BCUT2D eigenvalue weighted by molar-refractivity contribution is 5.91. The topological polar surface area (TPSA) is 83.5 Å². The number of piperidine rings is 1. The van der Waals surface area contributed by atoms with Crippen LogP contribution in [0.3, 0.4) is 0 Å². The molecule has 0 N–H and O–H groups in total. The molecule has 1 atom stereocenters. The summed E-state index contributed by atoms with van der Waals surface area (Å²) in [6.45, 7) is 3.62. The molecule has 0 bridgehead atoms. The van der Waals surface area contributed by atoms with E-state index in [1.54, 1.807) is 12.1 Å². The van der Waals surface area contributed by atoms with Crippen molar-refractivity contribution in [3.63, 3.8) is 0 Å². The van der Waals surface area contributed by atoms with E-state index in [9.17, 15) is 9.59 Å². The first kappa shape index (κ1) is 26.1. The van der Waals surface area contributed by atoms with E-state index in [2.05, 4.69) is 4.90 Å². The molecule has 1 aromatic rings. The third-order valence-electron chi connectivity index (χ3n) is 6.76. The van der Waals surface area contributed by atoms with Crippen LogP contribution in [0.15, 0.2) is 12.1 Å². The van der Waals surface area contributed by atoms with Crippen LogP contribution in [-0.4, -0.2) is 71.0 Å². The SMILES string of the molecule is COc1cc(C(=O)OCCCN2CCCC(COC(=O)C3CCCCC3)C2)cc(OC)c1OC. The maximum Gasteiger partial charge on any atom is 0.338 e. The lowest BCUT2D eigenvalue weighted by molar-refractivity contribution is -0.151. The van der Waals surface area contributed by atoms with E-state index in [-0.39, 0.29) is 11.9 Å². The molecule has 34 heavy (non-hydrogen) atoms. The second-order valence-electron chi connectivity index (χ2n) is 9.18. The molecule has 1 aliphatic carbocycles. The normalized spacial score (nSPS) is 19.3. The van der Waals surface area contributed by atoms with E-state index < -0.39 is 5.97 Å². The van der Waals surface area contributed by atoms with Gasteiger partial charge in [0.1, 0.15) is 0 Å². The number of ether oxygens (including phenoxy) is 5. The van der Waals surface area contributed by atoms with Gasteiger partial charge in [0.05, 0.1) is 46.0 Å². The molecule has 1 saturated heterocycles. The zero-order valence-electron chi connectivity index (χ0n) is 20.8. The highest BCUT2D eigenvalue weighted by Crippen LogP contribution is 2.38. The number of benzene rings is 1. The van der Waals surface area contributed by atoms with E-state index in [0.29, 0.717) is 41.9 Å². The molecule has 1 unspecified atom stereocenters. The first-order valence-corrected chi connectivity index (χ1v) is 12.4. The summed E-state index contributed by atoms with van der Waals surface area (Å²) in [6, 6.07) is 3.18. The Balaban J connectivity index is 1.39. The smallest absolute Gasteiger partial charge is 0.338 e. The quantitative estimate of drug-likeness (QED) is 0.348. The monoisotopic (exact) mass is 477 g/mol. The van der Waals surface area contributed by atoms with Crippen molar-refractivity contribution in [3.05, 3.63) is 17.7 Å². The number of hydrogen-bond donors (Lipinski definition) is 0. The minimum absolute atomic E-state index is 0.00414. The number of carbonyl (C=O) groups is 2. The van der Waals surface area contributed by atoms with Crippen LogP contribution in [0, 0.1) is 11.8 Å². The summed E-state index contributed by atoms with van der Waals surface area (Å²) in [7, 11) is 4.54. The van der Waals surface area contributed by atoms with Gasteiger partial charge in [-0.25, -0.2) is 4.79 Å². The van der Waals surface area contributed by atoms with Crippen LogP contribution in [0.2, 0.25) is 0 Å². The molecule has 1 saturated carbocycles. The van der Waals surface area contributed by atoms with Crippen LogP contribution in [0.4, 0.5) is 0 Å². The molecule has 8 nitrogen and oxygen atoms in total. The number of methoxy groups -OCH3 is 3. The molecule has 2 fully saturated rings. The fourth-order valence-corrected chi connectivity index (χ4v) is 4.88. The van der Waals surface area contributed by atoms with E-state index in [0.717, 1.165) is 64.6 Å². The van der Waals surface area contributed by atoms with Crippen LogP contribution in [0.25, 0.3) is 0 Å². The molecule has 0 amide bonds. The lowest BCUT2D eigenvalue weighted by atomic mass is 9.89. The van der Waals surface area contributed by atoms with Gasteiger partial charge in [0.15, 0.2) is 11.5 Å². The largest absolute Gasteiger partial charge is 0.493 e. The van der Waals surface area contributed by atoms with E-state index in [4.69, 9.17) is 23.7 Å². The molecule has 1 aliphatic heterocycles.